The van der Waals surface area contributed by atoms with Crippen molar-refractivity contribution in [1.29, 1.82) is 5.26 Å². The van der Waals surface area contributed by atoms with Crippen molar-refractivity contribution in [2.24, 2.45) is 0 Å². The number of nitro groups is 1. The van der Waals surface area contributed by atoms with Crippen molar-refractivity contribution in [3.8, 4) is 11.8 Å². The van der Waals surface area contributed by atoms with Gasteiger partial charge in [-0.2, -0.15) is 5.26 Å². The Morgan fingerprint density at radius 1 is 1.56 bits per heavy atom. The second-order valence-corrected chi connectivity index (χ2v) is 2.81. The molecule has 1 aromatic carbocycles. The molecule has 0 aromatic heterocycles. The zero-order chi connectivity index (χ0) is 12.0. The number of hydrogen-bond donors (Lipinski definition) is 0. The van der Waals surface area contributed by atoms with Gasteiger partial charge in [0.25, 0.3) is 0 Å². The maximum Gasteiger partial charge on any atom is 0.312 e. The molecule has 0 spiro atoms. The van der Waals surface area contributed by atoms with Gasteiger partial charge in [0.2, 0.25) is 0 Å². The zero-order valence-corrected chi connectivity index (χ0v) is 8.67. The first-order valence-electron chi connectivity index (χ1n) is 4.58. The van der Waals surface area contributed by atoms with Crippen LogP contribution in [0.3, 0.4) is 0 Å². The van der Waals surface area contributed by atoms with E-state index in [0.29, 0.717) is 6.61 Å². The van der Waals surface area contributed by atoms with E-state index in [-0.39, 0.29) is 23.8 Å². The van der Waals surface area contributed by atoms with Gasteiger partial charge in [-0.1, -0.05) is 0 Å². The van der Waals surface area contributed by atoms with Gasteiger partial charge in [-0.05, 0) is 19.1 Å². The maximum absolute atomic E-state index is 10.7. The minimum Gasteiger partial charge on any atom is -0.460 e. The SMILES string of the molecule is CCOCOc1ccc(C#N)cc1[N+](=O)[O-]. The van der Waals surface area contributed by atoms with Gasteiger partial charge in [-0.25, -0.2) is 0 Å². The molecule has 0 amide bonds. The molecule has 6 nitrogen and oxygen atoms in total. The lowest BCUT2D eigenvalue weighted by Gasteiger charge is -2.06. The van der Waals surface area contributed by atoms with Crippen LogP contribution in [0.25, 0.3) is 0 Å². The molecule has 84 valence electrons. The van der Waals surface area contributed by atoms with Gasteiger partial charge in [-0.15, -0.1) is 0 Å². The summed E-state index contributed by atoms with van der Waals surface area (Å²) >= 11 is 0. The number of hydrogen-bond acceptors (Lipinski definition) is 5. The Morgan fingerprint density at radius 2 is 2.31 bits per heavy atom. The Morgan fingerprint density at radius 3 is 2.88 bits per heavy atom. The minimum atomic E-state index is -0.595. The first-order valence-corrected chi connectivity index (χ1v) is 4.58. The highest BCUT2D eigenvalue weighted by atomic mass is 16.7. The van der Waals surface area contributed by atoms with Gasteiger partial charge in [-0.3, -0.25) is 10.1 Å². The summed E-state index contributed by atoms with van der Waals surface area (Å²) in [5, 5.41) is 19.3. The highest BCUT2D eigenvalue weighted by Crippen LogP contribution is 2.27. The third kappa shape index (κ3) is 2.93. The summed E-state index contributed by atoms with van der Waals surface area (Å²) in [6, 6.07) is 5.83. The Kier molecular flexibility index (Phi) is 4.24. The van der Waals surface area contributed by atoms with Crippen LogP contribution in [0.5, 0.6) is 5.75 Å². The van der Waals surface area contributed by atoms with Crippen molar-refractivity contribution in [2.45, 2.75) is 6.92 Å². The van der Waals surface area contributed by atoms with E-state index in [4.69, 9.17) is 14.7 Å². The van der Waals surface area contributed by atoms with Crippen molar-refractivity contribution in [1.82, 2.24) is 0 Å². The lowest BCUT2D eigenvalue weighted by atomic mass is 10.2. The monoisotopic (exact) mass is 222 g/mol. The lowest BCUT2D eigenvalue weighted by molar-refractivity contribution is -0.386. The predicted octanol–water partition coefficient (Wildman–Crippen LogP) is 1.84. The van der Waals surface area contributed by atoms with Crippen molar-refractivity contribution >= 4 is 5.69 Å². The fourth-order valence-electron chi connectivity index (χ4n) is 1.04. The fourth-order valence-corrected chi connectivity index (χ4v) is 1.04. The van der Waals surface area contributed by atoms with Gasteiger partial charge in [0.15, 0.2) is 12.5 Å². The molecule has 0 aliphatic rings. The molecular formula is C10H10N2O4. The van der Waals surface area contributed by atoms with Gasteiger partial charge in [0.05, 0.1) is 16.6 Å². The average Bonchev–Trinajstić information content (AvgIpc) is 2.29. The molecule has 0 aliphatic heterocycles. The third-order valence-corrected chi connectivity index (χ3v) is 1.79. The predicted molar refractivity (Wildman–Crippen MR) is 54.9 cm³/mol. The van der Waals surface area contributed by atoms with E-state index >= 15 is 0 Å². The molecule has 0 saturated heterocycles. The average molecular weight is 222 g/mol. The second kappa shape index (κ2) is 5.68. The molecule has 1 aromatic rings. The van der Waals surface area contributed by atoms with Crippen LogP contribution in [0, 0.1) is 21.4 Å². The van der Waals surface area contributed by atoms with Gasteiger partial charge >= 0.3 is 5.69 Å². The number of nitriles is 1. The summed E-state index contributed by atoms with van der Waals surface area (Å²) in [7, 11) is 0. The van der Waals surface area contributed by atoms with E-state index in [0.717, 1.165) is 0 Å². The number of rotatable bonds is 5. The van der Waals surface area contributed by atoms with Crippen LogP contribution >= 0.6 is 0 Å². The van der Waals surface area contributed by atoms with E-state index in [1.165, 1.54) is 18.2 Å². The van der Waals surface area contributed by atoms with Crippen LogP contribution in [0.2, 0.25) is 0 Å². The largest absolute Gasteiger partial charge is 0.460 e. The molecule has 0 bridgehead atoms. The molecule has 0 unspecified atom stereocenters. The summed E-state index contributed by atoms with van der Waals surface area (Å²) in [4.78, 5) is 10.1. The van der Waals surface area contributed by atoms with Crippen LogP contribution in [-0.4, -0.2) is 18.3 Å². The van der Waals surface area contributed by atoms with Crippen molar-refractivity contribution in [2.75, 3.05) is 13.4 Å². The summed E-state index contributed by atoms with van der Waals surface area (Å²) in [6.07, 6.45) is 0. The standard InChI is InChI=1S/C10H10N2O4/c1-2-15-7-16-10-4-3-8(6-11)5-9(10)12(13)14/h3-5H,2,7H2,1H3. The number of benzene rings is 1. The number of nitrogens with zero attached hydrogens (tertiary/aromatic N) is 2. The van der Waals surface area contributed by atoms with Crippen LogP contribution in [0.15, 0.2) is 18.2 Å². The van der Waals surface area contributed by atoms with Gasteiger partial charge < -0.3 is 9.47 Å². The van der Waals surface area contributed by atoms with E-state index in [9.17, 15) is 10.1 Å². The summed E-state index contributed by atoms with van der Waals surface area (Å²) in [5.41, 5.74) is -0.0192. The highest BCUT2D eigenvalue weighted by molar-refractivity contribution is 5.51. The van der Waals surface area contributed by atoms with E-state index in [2.05, 4.69) is 0 Å². The number of nitro benzene ring substituents is 1. The van der Waals surface area contributed by atoms with E-state index < -0.39 is 4.92 Å². The van der Waals surface area contributed by atoms with Crippen molar-refractivity contribution in [3.63, 3.8) is 0 Å². The third-order valence-electron chi connectivity index (χ3n) is 1.79. The van der Waals surface area contributed by atoms with Crippen LogP contribution in [-0.2, 0) is 4.74 Å². The quantitative estimate of drug-likeness (QED) is 0.328. The first-order chi connectivity index (χ1) is 7.69. The summed E-state index contributed by atoms with van der Waals surface area (Å²) in [6.45, 7) is 2.20. The Labute approximate surface area is 92.2 Å². The Bertz CT molecular complexity index is 425. The van der Waals surface area contributed by atoms with Crippen LogP contribution in [0.1, 0.15) is 12.5 Å². The molecule has 16 heavy (non-hydrogen) atoms. The second-order valence-electron chi connectivity index (χ2n) is 2.81. The van der Waals surface area contributed by atoms with Crippen LogP contribution < -0.4 is 4.74 Å². The fraction of sp³-hybridized carbons (Fsp3) is 0.300. The minimum absolute atomic E-state index is 0.0523. The zero-order valence-electron chi connectivity index (χ0n) is 8.67. The van der Waals surface area contributed by atoms with Gasteiger partial charge in [0.1, 0.15) is 0 Å². The van der Waals surface area contributed by atoms with Gasteiger partial charge in [0, 0.05) is 12.7 Å². The molecule has 0 saturated carbocycles. The van der Waals surface area contributed by atoms with Crippen molar-refractivity contribution in [3.05, 3.63) is 33.9 Å². The molecule has 0 N–H and O–H groups in total. The molecule has 0 heterocycles. The molecule has 1 rings (SSSR count). The highest BCUT2D eigenvalue weighted by Gasteiger charge is 2.15. The van der Waals surface area contributed by atoms with E-state index in [1.807, 2.05) is 6.07 Å². The topological polar surface area (TPSA) is 85.4 Å². The van der Waals surface area contributed by atoms with E-state index in [1.54, 1.807) is 6.92 Å². The molecule has 0 radical (unpaired) electrons. The molecule has 0 fully saturated rings. The lowest BCUT2D eigenvalue weighted by Crippen LogP contribution is -2.04. The maximum atomic E-state index is 10.7. The molecule has 0 atom stereocenters. The number of ether oxygens (including phenoxy) is 2. The Hall–Kier alpha value is -2.13. The molecular weight excluding hydrogens is 212 g/mol. The summed E-state index contributed by atoms with van der Waals surface area (Å²) < 4.78 is 9.98. The molecule has 0 aliphatic carbocycles. The van der Waals surface area contributed by atoms with Crippen molar-refractivity contribution < 1.29 is 14.4 Å². The summed E-state index contributed by atoms with van der Waals surface area (Å²) in [5.74, 6) is 0.0949. The molecule has 6 heteroatoms. The van der Waals surface area contributed by atoms with Crippen LogP contribution in [0.4, 0.5) is 5.69 Å². The smallest absolute Gasteiger partial charge is 0.312 e. The normalized spacial score (nSPS) is 9.50. The Balaban J connectivity index is 2.91. The first kappa shape index (κ1) is 11.9.